The van der Waals surface area contributed by atoms with Crippen LogP contribution in [0.15, 0.2) is 18.3 Å². The van der Waals surface area contributed by atoms with Crippen LogP contribution < -0.4 is 5.73 Å². The number of hydrogen-bond donors (Lipinski definition) is 2. The van der Waals surface area contributed by atoms with Crippen LogP contribution >= 0.6 is 22.9 Å². The van der Waals surface area contributed by atoms with Crippen molar-refractivity contribution < 1.29 is 0 Å². The minimum atomic E-state index is 0.370. The van der Waals surface area contributed by atoms with Crippen LogP contribution in [-0.2, 0) is 0 Å². The van der Waals surface area contributed by atoms with Crippen molar-refractivity contribution in [3.63, 3.8) is 0 Å². The van der Waals surface area contributed by atoms with Crippen molar-refractivity contribution >= 4 is 22.9 Å². The lowest BCUT2D eigenvalue weighted by Crippen LogP contribution is -2.05. The molecule has 0 aliphatic rings. The van der Waals surface area contributed by atoms with Gasteiger partial charge in [0.25, 0.3) is 0 Å². The van der Waals surface area contributed by atoms with Crippen LogP contribution in [0.3, 0.4) is 0 Å². The number of H-pyrrole nitrogens is 1. The van der Waals surface area contributed by atoms with Crippen molar-refractivity contribution in [2.75, 3.05) is 6.54 Å². The molecule has 2 aromatic heterocycles. The van der Waals surface area contributed by atoms with Gasteiger partial charge in [-0.2, -0.15) is 0 Å². The third-order valence-corrected chi connectivity index (χ3v) is 3.77. The van der Waals surface area contributed by atoms with Gasteiger partial charge in [0, 0.05) is 5.92 Å². The molecule has 1 unspecified atom stereocenters. The molecule has 2 heterocycles. The fraction of sp³-hybridized carbons (Fsp3) is 0.364. The summed E-state index contributed by atoms with van der Waals surface area (Å²) >= 11 is 7.45. The van der Waals surface area contributed by atoms with Gasteiger partial charge in [0.15, 0.2) is 0 Å². The molecule has 0 amide bonds. The Morgan fingerprint density at radius 3 is 3.00 bits per heavy atom. The summed E-state index contributed by atoms with van der Waals surface area (Å²) in [5.41, 5.74) is 6.55. The predicted octanol–water partition coefficient (Wildman–Crippen LogP) is 3.24. The Bertz CT molecular complexity index is 463. The van der Waals surface area contributed by atoms with Crippen LogP contribution in [0.2, 0.25) is 4.34 Å². The summed E-state index contributed by atoms with van der Waals surface area (Å²) in [6, 6.07) is 3.89. The van der Waals surface area contributed by atoms with Crippen molar-refractivity contribution in [3.8, 4) is 10.6 Å². The maximum Gasteiger partial charge on any atom is 0.109 e. The minimum absolute atomic E-state index is 0.370. The number of imidazole rings is 1. The zero-order chi connectivity index (χ0) is 11.5. The van der Waals surface area contributed by atoms with Crippen molar-refractivity contribution in [3.05, 3.63) is 28.5 Å². The van der Waals surface area contributed by atoms with E-state index in [0.29, 0.717) is 12.5 Å². The molecule has 3 nitrogen and oxygen atoms in total. The third kappa shape index (κ3) is 2.45. The topological polar surface area (TPSA) is 54.7 Å². The van der Waals surface area contributed by atoms with Gasteiger partial charge in [-0.05, 0) is 25.1 Å². The maximum atomic E-state index is 5.90. The number of hydrogen-bond acceptors (Lipinski definition) is 3. The van der Waals surface area contributed by atoms with E-state index in [4.69, 9.17) is 17.3 Å². The summed E-state index contributed by atoms with van der Waals surface area (Å²) in [4.78, 5) is 8.80. The zero-order valence-corrected chi connectivity index (χ0v) is 10.6. The number of aromatic nitrogens is 2. The number of thiophene rings is 1. The first-order valence-corrected chi connectivity index (χ1v) is 6.41. The van der Waals surface area contributed by atoms with Crippen LogP contribution in [0.4, 0.5) is 0 Å². The lowest BCUT2D eigenvalue weighted by Gasteiger charge is -2.05. The van der Waals surface area contributed by atoms with Gasteiger partial charge >= 0.3 is 0 Å². The minimum Gasteiger partial charge on any atom is -0.341 e. The second-order valence-corrected chi connectivity index (χ2v) is 5.48. The molecule has 0 saturated heterocycles. The van der Waals surface area contributed by atoms with E-state index >= 15 is 0 Å². The monoisotopic (exact) mass is 255 g/mol. The SMILES string of the molecule is CC(CCN)c1ncc(-c2ccc(Cl)s2)[nH]1. The van der Waals surface area contributed by atoms with Crippen LogP contribution in [0.1, 0.15) is 25.1 Å². The summed E-state index contributed by atoms with van der Waals surface area (Å²) in [7, 11) is 0. The van der Waals surface area contributed by atoms with Gasteiger partial charge in [-0.3, -0.25) is 0 Å². The molecule has 2 rings (SSSR count). The quantitative estimate of drug-likeness (QED) is 0.881. The van der Waals surface area contributed by atoms with Crippen molar-refractivity contribution in [1.29, 1.82) is 0 Å². The summed E-state index contributed by atoms with van der Waals surface area (Å²) < 4.78 is 0.793. The standard InChI is InChI=1S/C11H14ClN3S/c1-7(4-5-13)11-14-6-8(15-11)9-2-3-10(12)16-9/h2-3,6-7H,4-5,13H2,1H3,(H,14,15). The molecular weight excluding hydrogens is 242 g/mol. The average Bonchev–Trinajstić information content (AvgIpc) is 2.85. The van der Waals surface area contributed by atoms with E-state index in [1.54, 1.807) is 11.3 Å². The Balaban J connectivity index is 2.19. The van der Waals surface area contributed by atoms with E-state index in [-0.39, 0.29) is 0 Å². The molecule has 0 fully saturated rings. The van der Waals surface area contributed by atoms with E-state index in [9.17, 15) is 0 Å². The summed E-state index contributed by atoms with van der Waals surface area (Å²) in [6.45, 7) is 2.80. The molecule has 0 aliphatic carbocycles. The van der Waals surface area contributed by atoms with Crippen LogP contribution in [0, 0.1) is 0 Å². The molecule has 16 heavy (non-hydrogen) atoms. The first-order valence-electron chi connectivity index (χ1n) is 5.21. The second kappa shape index (κ2) is 4.99. The first-order chi connectivity index (χ1) is 7.70. The van der Waals surface area contributed by atoms with Crippen LogP contribution in [0.25, 0.3) is 10.6 Å². The Morgan fingerprint density at radius 1 is 1.56 bits per heavy atom. The first kappa shape index (κ1) is 11.6. The highest BCUT2D eigenvalue weighted by Gasteiger charge is 2.10. The van der Waals surface area contributed by atoms with Gasteiger partial charge in [-0.25, -0.2) is 4.98 Å². The van der Waals surface area contributed by atoms with Gasteiger partial charge in [-0.1, -0.05) is 18.5 Å². The molecule has 3 N–H and O–H groups in total. The van der Waals surface area contributed by atoms with E-state index in [1.165, 1.54) is 0 Å². The van der Waals surface area contributed by atoms with Gasteiger partial charge in [0.05, 0.1) is 21.1 Å². The van der Waals surface area contributed by atoms with E-state index in [2.05, 4.69) is 16.9 Å². The molecule has 2 aromatic rings. The highest BCUT2D eigenvalue weighted by molar-refractivity contribution is 7.19. The highest BCUT2D eigenvalue weighted by atomic mass is 35.5. The molecular formula is C11H14ClN3S. The Kier molecular flexibility index (Phi) is 3.63. The Morgan fingerprint density at radius 2 is 2.38 bits per heavy atom. The van der Waals surface area contributed by atoms with Crippen LogP contribution in [0.5, 0.6) is 0 Å². The largest absolute Gasteiger partial charge is 0.341 e. The predicted molar refractivity (Wildman–Crippen MR) is 69.0 cm³/mol. The second-order valence-electron chi connectivity index (χ2n) is 3.76. The fourth-order valence-electron chi connectivity index (χ4n) is 1.56. The van der Waals surface area contributed by atoms with Gasteiger partial charge in [0.2, 0.25) is 0 Å². The number of rotatable bonds is 4. The zero-order valence-electron chi connectivity index (χ0n) is 9.03. The number of nitrogens with zero attached hydrogens (tertiary/aromatic N) is 1. The van der Waals surface area contributed by atoms with E-state index < -0.39 is 0 Å². The van der Waals surface area contributed by atoms with Gasteiger partial charge < -0.3 is 10.7 Å². The van der Waals surface area contributed by atoms with E-state index in [0.717, 1.165) is 27.2 Å². The van der Waals surface area contributed by atoms with E-state index in [1.807, 2.05) is 18.3 Å². The third-order valence-electron chi connectivity index (χ3n) is 2.50. The lowest BCUT2D eigenvalue weighted by atomic mass is 10.1. The molecule has 0 saturated carbocycles. The molecule has 0 aliphatic heterocycles. The number of nitrogens with two attached hydrogens (primary N) is 1. The number of nitrogens with one attached hydrogen (secondary N) is 1. The summed E-state index contributed by atoms with van der Waals surface area (Å²) in [5, 5.41) is 0. The van der Waals surface area contributed by atoms with Gasteiger partial charge in [-0.15, -0.1) is 11.3 Å². The number of aromatic amines is 1. The molecule has 0 spiro atoms. The highest BCUT2D eigenvalue weighted by Crippen LogP contribution is 2.30. The Hall–Kier alpha value is -0.840. The normalized spacial score (nSPS) is 12.9. The summed E-state index contributed by atoms with van der Waals surface area (Å²) in [5.74, 6) is 1.36. The maximum absolute atomic E-state index is 5.90. The number of halogens is 1. The van der Waals surface area contributed by atoms with Crippen molar-refractivity contribution in [1.82, 2.24) is 9.97 Å². The smallest absolute Gasteiger partial charge is 0.109 e. The summed E-state index contributed by atoms with van der Waals surface area (Å²) in [6.07, 6.45) is 2.79. The Labute approximate surface area is 104 Å². The van der Waals surface area contributed by atoms with Crippen molar-refractivity contribution in [2.24, 2.45) is 5.73 Å². The van der Waals surface area contributed by atoms with Crippen LogP contribution in [-0.4, -0.2) is 16.5 Å². The fourth-order valence-corrected chi connectivity index (χ4v) is 2.57. The van der Waals surface area contributed by atoms with Crippen molar-refractivity contribution in [2.45, 2.75) is 19.3 Å². The molecule has 86 valence electrons. The molecule has 1 atom stereocenters. The van der Waals surface area contributed by atoms with Gasteiger partial charge in [0.1, 0.15) is 5.82 Å². The molecule has 0 radical (unpaired) electrons. The molecule has 5 heteroatoms. The molecule has 0 aromatic carbocycles. The molecule has 0 bridgehead atoms. The lowest BCUT2D eigenvalue weighted by molar-refractivity contribution is 0.655. The average molecular weight is 256 g/mol.